The number of hydrogen-bond donors (Lipinski definition) is 1. The van der Waals surface area contributed by atoms with E-state index in [1.54, 1.807) is 24.3 Å². The zero-order chi connectivity index (χ0) is 19.2. The highest BCUT2D eigenvalue weighted by atomic mass is 19.1. The SMILES string of the molecule is NC(=O)C1CCCCN1CCOC(c1ccc(F)cc1)c1ccc(F)cc1. The fourth-order valence-corrected chi connectivity index (χ4v) is 3.53. The number of carbonyl (C=O) groups excluding carboxylic acids is 1. The molecule has 1 fully saturated rings. The van der Waals surface area contributed by atoms with Crippen molar-refractivity contribution < 1.29 is 18.3 Å². The zero-order valence-corrected chi connectivity index (χ0v) is 15.1. The van der Waals surface area contributed by atoms with Gasteiger partial charge in [0.05, 0.1) is 12.6 Å². The number of rotatable bonds is 7. The van der Waals surface area contributed by atoms with Gasteiger partial charge < -0.3 is 10.5 Å². The number of nitrogens with two attached hydrogens (primary N) is 1. The lowest BCUT2D eigenvalue weighted by Crippen LogP contribution is -2.48. The lowest BCUT2D eigenvalue weighted by molar-refractivity contribution is -0.124. The summed E-state index contributed by atoms with van der Waals surface area (Å²) < 4.78 is 32.6. The van der Waals surface area contributed by atoms with Gasteiger partial charge in [-0.3, -0.25) is 9.69 Å². The molecule has 1 aliphatic heterocycles. The van der Waals surface area contributed by atoms with E-state index in [4.69, 9.17) is 10.5 Å². The van der Waals surface area contributed by atoms with Crippen LogP contribution in [0.15, 0.2) is 48.5 Å². The molecular formula is C21H24F2N2O2. The molecule has 2 aromatic carbocycles. The van der Waals surface area contributed by atoms with Crippen LogP contribution < -0.4 is 5.73 Å². The van der Waals surface area contributed by atoms with E-state index in [2.05, 4.69) is 4.90 Å². The van der Waals surface area contributed by atoms with Crippen molar-refractivity contribution in [2.24, 2.45) is 5.73 Å². The van der Waals surface area contributed by atoms with Crippen molar-refractivity contribution in [1.29, 1.82) is 0 Å². The Kier molecular flexibility index (Phi) is 6.53. The summed E-state index contributed by atoms with van der Waals surface area (Å²) in [6, 6.07) is 11.9. The summed E-state index contributed by atoms with van der Waals surface area (Å²) in [5.74, 6) is -0.952. The van der Waals surface area contributed by atoms with Crippen molar-refractivity contribution >= 4 is 5.91 Å². The fourth-order valence-electron chi connectivity index (χ4n) is 3.53. The van der Waals surface area contributed by atoms with Gasteiger partial charge in [-0.05, 0) is 54.8 Å². The molecule has 0 aliphatic carbocycles. The van der Waals surface area contributed by atoms with Crippen molar-refractivity contribution in [3.8, 4) is 0 Å². The topological polar surface area (TPSA) is 55.6 Å². The monoisotopic (exact) mass is 374 g/mol. The molecule has 1 saturated heterocycles. The van der Waals surface area contributed by atoms with Gasteiger partial charge in [0.2, 0.25) is 5.91 Å². The highest BCUT2D eigenvalue weighted by Gasteiger charge is 2.26. The van der Waals surface area contributed by atoms with Crippen LogP contribution in [0.2, 0.25) is 0 Å². The normalized spacial score (nSPS) is 18.0. The summed E-state index contributed by atoms with van der Waals surface area (Å²) in [5, 5.41) is 0. The summed E-state index contributed by atoms with van der Waals surface area (Å²) >= 11 is 0. The fraction of sp³-hybridized carbons (Fsp3) is 0.381. The summed E-state index contributed by atoms with van der Waals surface area (Å²) in [4.78, 5) is 13.7. The van der Waals surface area contributed by atoms with Gasteiger partial charge in [-0.15, -0.1) is 0 Å². The van der Waals surface area contributed by atoms with Crippen LogP contribution in [0, 0.1) is 11.6 Å². The van der Waals surface area contributed by atoms with Crippen LogP contribution in [0.5, 0.6) is 0 Å². The van der Waals surface area contributed by atoms with Crippen molar-refractivity contribution in [1.82, 2.24) is 4.90 Å². The van der Waals surface area contributed by atoms with E-state index in [1.807, 2.05) is 0 Å². The van der Waals surface area contributed by atoms with Gasteiger partial charge in [-0.25, -0.2) is 8.78 Å². The van der Waals surface area contributed by atoms with Crippen molar-refractivity contribution in [3.05, 3.63) is 71.3 Å². The molecule has 0 aromatic heterocycles. The maximum atomic E-state index is 13.3. The van der Waals surface area contributed by atoms with Crippen LogP contribution >= 0.6 is 0 Å². The Labute approximate surface area is 157 Å². The third kappa shape index (κ3) is 5.11. The van der Waals surface area contributed by atoms with Crippen molar-refractivity contribution in [3.63, 3.8) is 0 Å². The Morgan fingerprint density at radius 2 is 1.59 bits per heavy atom. The number of carbonyl (C=O) groups is 1. The third-order valence-corrected chi connectivity index (χ3v) is 4.95. The number of primary amides is 1. The van der Waals surface area contributed by atoms with E-state index in [0.717, 1.165) is 36.9 Å². The Morgan fingerprint density at radius 3 is 2.11 bits per heavy atom. The minimum absolute atomic E-state index is 0.252. The number of likely N-dealkylation sites (tertiary alicyclic amines) is 1. The predicted octanol–water partition coefficient (Wildman–Crippen LogP) is 3.41. The molecule has 0 radical (unpaired) electrons. The molecule has 1 amide bonds. The van der Waals surface area contributed by atoms with Crippen molar-refractivity contribution in [2.45, 2.75) is 31.4 Å². The lowest BCUT2D eigenvalue weighted by atomic mass is 10.0. The average Bonchev–Trinajstić information content (AvgIpc) is 2.67. The summed E-state index contributed by atoms with van der Waals surface area (Å²) in [7, 11) is 0. The zero-order valence-electron chi connectivity index (χ0n) is 15.1. The van der Waals surface area contributed by atoms with Gasteiger partial charge in [0.25, 0.3) is 0 Å². The molecule has 1 heterocycles. The molecule has 144 valence electrons. The number of hydrogen-bond acceptors (Lipinski definition) is 3. The first-order chi connectivity index (χ1) is 13.0. The Bertz CT molecular complexity index is 704. The second kappa shape index (κ2) is 9.06. The molecule has 2 aromatic rings. The van der Waals surface area contributed by atoms with E-state index >= 15 is 0 Å². The van der Waals surface area contributed by atoms with Crippen molar-refractivity contribution in [2.75, 3.05) is 19.7 Å². The number of nitrogens with zero attached hydrogens (tertiary/aromatic N) is 1. The molecular weight excluding hydrogens is 350 g/mol. The maximum Gasteiger partial charge on any atom is 0.234 e. The number of piperidine rings is 1. The average molecular weight is 374 g/mol. The Hall–Kier alpha value is -2.31. The van der Waals surface area contributed by atoms with Crippen LogP contribution in [0.1, 0.15) is 36.5 Å². The Balaban J connectivity index is 1.70. The minimum atomic E-state index is -0.442. The summed E-state index contributed by atoms with van der Waals surface area (Å²) in [6.45, 7) is 1.77. The van der Waals surface area contributed by atoms with E-state index in [0.29, 0.717) is 13.2 Å². The van der Waals surface area contributed by atoms with Crippen LogP contribution in [0.4, 0.5) is 8.78 Å². The molecule has 4 nitrogen and oxygen atoms in total. The second-order valence-electron chi connectivity index (χ2n) is 6.80. The van der Waals surface area contributed by atoms with Gasteiger partial charge in [0.15, 0.2) is 0 Å². The third-order valence-electron chi connectivity index (χ3n) is 4.95. The largest absolute Gasteiger partial charge is 0.368 e. The first-order valence-electron chi connectivity index (χ1n) is 9.20. The molecule has 3 rings (SSSR count). The van der Waals surface area contributed by atoms with Gasteiger partial charge in [-0.1, -0.05) is 30.7 Å². The molecule has 2 N–H and O–H groups in total. The summed E-state index contributed by atoms with van der Waals surface area (Å²) in [5.41, 5.74) is 7.08. The molecule has 6 heteroatoms. The standard InChI is InChI=1S/C21H24F2N2O2/c22-17-8-4-15(5-9-17)20(16-6-10-18(23)11-7-16)27-14-13-25-12-2-1-3-19(25)21(24)26/h4-11,19-20H,1-3,12-14H2,(H2,24,26). The molecule has 1 aliphatic rings. The Morgan fingerprint density at radius 1 is 1.04 bits per heavy atom. The lowest BCUT2D eigenvalue weighted by Gasteiger charge is -2.33. The smallest absolute Gasteiger partial charge is 0.234 e. The van der Waals surface area contributed by atoms with Crippen LogP contribution in [-0.4, -0.2) is 36.5 Å². The van der Waals surface area contributed by atoms with Gasteiger partial charge >= 0.3 is 0 Å². The summed E-state index contributed by atoms with van der Waals surface area (Å²) in [6.07, 6.45) is 2.36. The van der Waals surface area contributed by atoms with Gasteiger partial charge in [-0.2, -0.15) is 0 Å². The molecule has 1 unspecified atom stereocenters. The van der Waals surface area contributed by atoms with E-state index in [-0.39, 0.29) is 23.6 Å². The first kappa shape index (κ1) is 19.5. The number of halogens is 2. The van der Waals surface area contributed by atoms with Crippen LogP contribution in [0.3, 0.4) is 0 Å². The second-order valence-corrected chi connectivity index (χ2v) is 6.80. The molecule has 27 heavy (non-hydrogen) atoms. The predicted molar refractivity (Wildman–Crippen MR) is 99.0 cm³/mol. The highest BCUT2D eigenvalue weighted by Crippen LogP contribution is 2.27. The molecule has 0 bridgehead atoms. The maximum absolute atomic E-state index is 13.3. The van der Waals surface area contributed by atoms with Crippen LogP contribution in [0.25, 0.3) is 0 Å². The minimum Gasteiger partial charge on any atom is -0.368 e. The molecule has 0 saturated carbocycles. The number of ether oxygens (including phenoxy) is 1. The van der Waals surface area contributed by atoms with E-state index in [1.165, 1.54) is 24.3 Å². The number of amides is 1. The van der Waals surface area contributed by atoms with Crippen LogP contribution in [-0.2, 0) is 9.53 Å². The van der Waals surface area contributed by atoms with E-state index in [9.17, 15) is 13.6 Å². The van der Waals surface area contributed by atoms with Gasteiger partial charge in [0.1, 0.15) is 17.7 Å². The number of benzene rings is 2. The highest BCUT2D eigenvalue weighted by molar-refractivity contribution is 5.79. The van der Waals surface area contributed by atoms with E-state index < -0.39 is 6.10 Å². The molecule has 0 spiro atoms. The quantitative estimate of drug-likeness (QED) is 0.808. The van der Waals surface area contributed by atoms with Gasteiger partial charge in [0, 0.05) is 6.54 Å². The first-order valence-corrected chi connectivity index (χ1v) is 9.20. The molecule has 1 atom stereocenters.